The van der Waals surface area contributed by atoms with Crippen molar-refractivity contribution in [3.05, 3.63) is 24.3 Å². The fourth-order valence-electron chi connectivity index (χ4n) is 1.16. The predicted molar refractivity (Wildman–Crippen MR) is 42.2 cm³/mol. The number of hydrogen-bond acceptors (Lipinski definition) is 1. The molecule has 0 atom stereocenters. The van der Waals surface area contributed by atoms with Gasteiger partial charge in [0.25, 0.3) is 7.28 Å². The van der Waals surface area contributed by atoms with E-state index in [9.17, 15) is 4.79 Å². The highest BCUT2D eigenvalue weighted by atomic mass is 16.1. The molecular formula is C7H6BNO. The van der Waals surface area contributed by atoms with E-state index < -0.39 is 0 Å². The van der Waals surface area contributed by atoms with Gasteiger partial charge in [-0.25, -0.2) is 0 Å². The second-order valence-corrected chi connectivity index (χ2v) is 2.38. The molecule has 10 heavy (non-hydrogen) atoms. The van der Waals surface area contributed by atoms with Crippen LogP contribution in [0.5, 0.6) is 0 Å². The fraction of sp³-hybridized carbons (Fsp3) is 0. The third-order valence-electron chi connectivity index (χ3n) is 1.64. The molecule has 2 nitrogen and oxygen atoms in total. The lowest BCUT2D eigenvalue weighted by atomic mass is 9.72. The van der Waals surface area contributed by atoms with E-state index in [1.165, 1.54) is 0 Å². The third-order valence-corrected chi connectivity index (χ3v) is 1.64. The molecule has 0 bridgehead atoms. The van der Waals surface area contributed by atoms with Gasteiger partial charge in [0.1, 0.15) is 0 Å². The number of nitrogens with one attached hydrogen (secondary N) is 1. The summed E-state index contributed by atoms with van der Waals surface area (Å²) in [6, 6.07) is 7.75. The molecule has 1 N–H and O–H groups in total. The average Bonchev–Trinajstić information content (AvgIpc) is 2.27. The first-order valence-electron chi connectivity index (χ1n) is 3.24. The molecule has 0 saturated carbocycles. The molecule has 2 rings (SSSR count). The topological polar surface area (TPSA) is 29.1 Å². The van der Waals surface area contributed by atoms with Gasteiger partial charge in [-0.2, -0.15) is 0 Å². The first-order valence-corrected chi connectivity index (χ1v) is 3.24. The van der Waals surface area contributed by atoms with Crippen molar-refractivity contribution in [3.63, 3.8) is 0 Å². The summed E-state index contributed by atoms with van der Waals surface area (Å²) in [6.45, 7) is 0. The summed E-state index contributed by atoms with van der Waals surface area (Å²) in [4.78, 5) is 10.8. The van der Waals surface area contributed by atoms with E-state index in [2.05, 4.69) is 5.32 Å². The largest absolute Gasteiger partial charge is 0.335 e. The van der Waals surface area contributed by atoms with E-state index in [-0.39, 0.29) is 5.81 Å². The standard InChI is InChI=1S/C7H6BNO/c10-7-8-5-3-1-2-4-6(5)9-7/h1-4,8H,(H,9,10). The van der Waals surface area contributed by atoms with E-state index in [1.807, 2.05) is 24.3 Å². The summed E-state index contributed by atoms with van der Waals surface area (Å²) >= 11 is 0. The predicted octanol–water partition coefficient (Wildman–Crippen LogP) is 0.294. The Morgan fingerprint density at radius 2 is 2.10 bits per heavy atom. The van der Waals surface area contributed by atoms with Crippen LogP contribution in [0, 0.1) is 0 Å². The third kappa shape index (κ3) is 0.710. The molecule has 1 heterocycles. The number of hydrogen-bond donors (Lipinski definition) is 1. The quantitative estimate of drug-likeness (QED) is 0.503. The maximum absolute atomic E-state index is 10.8. The maximum Gasteiger partial charge on any atom is 0.269 e. The van der Waals surface area contributed by atoms with Gasteiger partial charge in [0, 0.05) is 5.69 Å². The fourth-order valence-corrected chi connectivity index (χ4v) is 1.16. The number of carbonyl (C=O) groups excluding carboxylic acids is 1. The first kappa shape index (κ1) is 5.53. The molecule has 48 valence electrons. The second-order valence-electron chi connectivity index (χ2n) is 2.38. The molecular weight excluding hydrogens is 125 g/mol. The molecule has 1 amide bonds. The monoisotopic (exact) mass is 131 g/mol. The van der Waals surface area contributed by atoms with Crippen molar-refractivity contribution in [2.75, 3.05) is 5.32 Å². The minimum atomic E-state index is 0.0983. The Morgan fingerprint density at radius 1 is 1.30 bits per heavy atom. The molecule has 1 aromatic rings. The van der Waals surface area contributed by atoms with Crippen molar-refractivity contribution in [1.82, 2.24) is 0 Å². The lowest BCUT2D eigenvalue weighted by Crippen LogP contribution is -2.14. The van der Waals surface area contributed by atoms with Crippen molar-refractivity contribution in [3.8, 4) is 0 Å². The van der Waals surface area contributed by atoms with Crippen LogP contribution in [0.25, 0.3) is 0 Å². The highest BCUT2D eigenvalue weighted by Gasteiger charge is 2.17. The van der Waals surface area contributed by atoms with Crippen LogP contribution in [0.2, 0.25) is 0 Å². The Hall–Kier alpha value is -1.25. The van der Waals surface area contributed by atoms with Gasteiger partial charge in [0.2, 0.25) is 0 Å². The zero-order valence-corrected chi connectivity index (χ0v) is 5.42. The Morgan fingerprint density at radius 3 is 2.90 bits per heavy atom. The van der Waals surface area contributed by atoms with Gasteiger partial charge in [-0.05, 0) is 11.5 Å². The molecule has 1 aliphatic heterocycles. The molecule has 0 spiro atoms. The highest BCUT2D eigenvalue weighted by Crippen LogP contribution is 2.07. The van der Waals surface area contributed by atoms with Gasteiger partial charge < -0.3 is 5.32 Å². The summed E-state index contributed by atoms with van der Waals surface area (Å²) < 4.78 is 0. The molecule has 0 saturated heterocycles. The molecule has 0 aliphatic carbocycles. The van der Waals surface area contributed by atoms with Crippen LogP contribution in [0.15, 0.2) is 24.3 Å². The van der Waals surface area contributed by atoms with Crippen molar-refractivity contribution in [1.29, 1.82) is 0 Å². The van der Waals surface area contributed by atoms with E-state index in [0.29, 0.717) is 7.28 Å². The molecule has 1 aromatic carbocycles. The summed E-state index contributed by atoms with van der Waals surface area (Å²) in [6.07, 6.45) is 0. The molecule has 0 unspecified atom stereocenters. The summed E-state index contributed by atoms with van der Waals surface area (Å²) in [5.41, 5.74) is 2.07. The highest BCUT2D eigenvalue weighted by molar-refractivity contribution is 6.89. The first-order chi connectivity index (χ1) is 4.86. The molecule has 0 aromatic heterocycles. The lowest BCUT2D eigenvalue weighted by Gasteiger charge is -1.94. The molecule has 1 aliphatic rings. The smallest absolute Gasteiger partial charge is 0.269 e. The summed E-state index contributed by atoms with van der Waals surface area (Å²) in [5, 5.41) is 2.76. The second kappa shape index (κ2) is 1.87. The molecule has 3 heteroatoms. The Kier molecular flexibility index (Phi) is 1.03. The van der Waals surface area contributed by atoms with Crippen LogP contribution in [-0.2, 0) is 0 Å². The number of benzene rings is 1. The molecule has 0 fully saturated rings. The Balaban J connectivity index is 2.51. The van der Waals surface area contributed by atoms with Crippen molar-refractivity contribution in [2.24, 2.45) is 0 Å². The van der Waals surface area contributed by atoms with Gasteiger partial charge in [0.05, 0.1) is 0 Å². The maximum atomic E-state index is 10.8. The van der Waals surface area contributed by atoms with Crippen molar-refractivity contribution < 1.29 is 4.79 Å². The minimum absolute atomic E-state index is 0.0983. The zero-order chi connectivity index (χ0) is 6.97. The van der Waals surface area contributed by atoms with E-state index in [1.54, 1.807) is 0 Å². The van der Waals surface area contributed by atoms with Gasteiger partial charge in [-0.15, -0.1) is 0 Å². The number of para-hydroxylation sites is 1. The normalized spacial score (nSPS) is 13.8. The van der Waals surface area contributed by atoms with Crippen molar-refractivity contribution >= 4 is 24.2 Å². The van der Waals surface area contributed by atoms with Gasteiger partial charge in [-0.1, -0.05) is 18.2 Å². The lowest BCUT2D eigenvalue weighted by molar-refractivity contribution is 0.269. The van der Waals surface area contributed by atoms with E-state index in [0.717, 1.165) is 11.2 Å². The summed E-state index contributed by atoms with van der Waals surface area (Å²) in [5.74, 6) is 0.0983. The Bertz CT molecular complexity index is 258. The number of carbonyl (C=O) groups is 1. The SMILES string of the molecule is O=C1Bc2ccccc2N1. The van der Waals surface area contributed by atoms with Crippen LogP contribution in [0.1, 0.15) is 0 Å². The van der Waals surface area contributed by atoms with Crippen LogP contribution in [-0.4, -0.2) is 13.1 Å². The average molecular weight is 131 g/mol. The van der Waals surface area contributed by atoms with Crippen LogP contribution in [0.3, 0.4) is 0 Å². The number of amides is 1. The van der Waals surface area contributed by atoms with Crippen LogP contribution in [0.4, 0.5) is 10.5 Å². The number of rotatable bonds is 0. The number of anilines is 1. The molecule has 0 radical (unpaired) electrons. The van der Waals surface area contributed by atoms with Crippen molar-refractivity contribution in [2.45, 2.75) is 0 Å². The van der Waals surface area contributed by atoms with Gasteiger partial charge >= 0.3 is 0 Å². The Labute approximate surface area is 59.5 Å². The summed E-state index contributed by atoms with van der Waals surface area (Å²) in [7, 11) is 0.538. The van der Waals surface area contributed by atoms with Crippen LogP contribution < -0.4 is 10.8 Å². The van der Waals surface area contributed by atoms with Crippen LogP contribution >= 0.6 is 0 Å². The minimum Gasteiger partial charge on any atom is -0.335 e. The van der Waals surface area contributed by atoms with Gasteiger partial charge in [0.15, 0.2) is 5.81 Å². The van der Waals surface area contributed by atoms with Gasteiger partial charge in [-0.3, -0.25) is 4.79 Å². The van der Waals surface area contributed by atoms with E-state index >= 15 is 0 Å². The zero-order valence-electron chi connectivity index (χ0n) is 5.42. The van der Waals surface area contributed by atoms with E-state index in [4.69, 9.17) is 0 Å². The number of fused-ring (bicyclic) bond motifs is 1.